The van der Waals surface area contributed by atoms with Crippen LogP contribution in [-0.2, 0) is 4.74 Å². The fourth-order valence-corrected chi connectivity index (χ4v) is 1.71. The van der Waals surface area contributed by atoms with Gasteiger partial charge in [-0.15, -0.1) is 0 Å². The van der Waals surface area contributed by atoms with Crippen LogP contribution in [0, 0.1) is 5.82 Å². The Morgan fingerprint density at radius 3 is 2.62 bits per heavy atom. The van der Waals surface area contributed by atoms with Gasteiger partial charge in [-0.3, -0.25) is 0 Å². The molecular formula is C14H19FN2O4. The van der Waals surface area contributed by atoms with E-state index in [1.54, 1.807) is 0 Å². The van der Waals surface area contributed by atoms with E-state index in [0.717, 1.165) is 18.2 Å². The highest BCUT2D eigenvalue weighted by molar-refractivity contribution is 5.99. The highest BCUT2D eigenvalue weighted by atomic mass is 19.1. The number of carboxylic acids is 1. The second kappa shape index (κ2) is 7.03. The Hall–Kier alpha value is -2.15. The van der Waals surface area contributed by atoms with E-state index in [9.17, 15) is 14.0 Å². The molecule has 0 aliphatic carbocycles. The average Bonchev–Trinajstić information content (AvgIpc) is 2.36. The smallest absolute Gasteiger partial charge is 0.337 e. The zero-order valence-corrected chi connectivity index (χ0v) is 12.2. The number of nitrogens with one attached hydrogen (secondary N) is 2. The molecule has 0 saturated carbocycles. The number of aromatic carboxylic acids is 1. The summed E-state index contributed by atoms with van der Waals surface area (Å²) in [6, 6.07) is 2.44. The third kappa shape index (κ3) is 5.39. The molecule has 0 aliphatic rings. The third-order valence-electron chi connectivity index (χ3n) is 2.67. The van der Waals surface area contributed by atoms with E-state index in [0.29, 0.717) is 6.61 Å². The number of benzene rings is 1. The van der Waals surface area contributed by atoms with Crippen LogP contribution in [0.2, 0.25) is 0 Å². The minimum absolute atomic E-state index is 0.103. The normalized spacial score (nSPS) is 11.0. The third-order valence-corrected chi connectivity index (χ3v) is 2.67. The number of carbonyl (C=O) groups excluding carboxylic acids is 1. The van der Waals surface area contributed by atoms with Gasteiger partial charge in [0.2, 0.25) is 0 Å². The molecule has 0 heterocycles. The van der Waals surface area contributed by atoms with Gasteiger partial charge < -0.3 is 20.5 Å². The number of urea groups is 1. The molecule has 1 rings (SSSR count). The molecule has 0 saturated heterocycles. The summed E-state index contributed by atoms with van der Waals surface area (Å²) in [6.45, 7) is 6.19. The molecule has 0 spiro atoms. The summed E-state index contributed by atoms with van der Waals surface area (Å²) >= 11 is 0. The highest BCUT2D eigenvalue weighted by Crippen LogP contribution is 2.17. The molecule has 0 unspecified atom stereocenters. The van der Waals surface area contributed by atoms with Crippen molar-refractivity contribution in [3.05, 3.63) is 29.6 Å². The number of carbonyl (C=O) groups is 2. The lowest BCUT2D eigenvalue weighted by atomic mass is 10.1. The number of anilines is 1. The number of halogens is 1. The second-order valence-electron chi connectivity index (χ2n) is 5.00. The summed E-state index contributed by atoms with van der Waals surface area (Å²) in [5.41, 5.74) is -0.839. The van der Waals surface area contributed by atoms with Gasteiger partial charge in [-0.1, -0.05) is 0 Å². The molecule has 1 aromatic carbocycles. The first-order valence-electron chi connectivity index (χ1n) is 6.47. The first-order valence-corrected chi connectivity index (χ1v) is 6.47. The number of amides is 2. The van der Waals surface area contributed by atoms with Crippen molar-refractivity contribution >= 4 is 17.7 Å². The average molecular weight is 298 g/mol. The molecule has 116 valence electrons. The van der Waals surface area contributed by atoms with Crippen LogP contribution in [0.5, 0.6) is 0 Å². The molecule has 1 aromatic rings. The highest BCUT2D eigenvalue weighted by Gasteiger charge is 2.19. The van der Waals surface area contributed by atoms with E-state index >= 15 is 0 Å². The molecule has 6 nitrogen and oxygen atoms in total. The number of ether oxygens (including phenoxy) is 1. The monoisotopic (exact) mass is 298 g/mol. The standard InChI is InChI=1S/C14H19FN2O4/c1-4-21-14(2,3)8-16-13(20)17-11-7-9(15)5-6-10(11)12(18)19/h5-7H,4,8H2,1-3H3,(H,18,19)(H2,16,17,20). The van der Waals surface area contributed by atoms with Crippen LogP contribution in [0.25, 0.3) is 0 Å². The summed E-state index contributed by atoms with van der Waals surface area (Å²) < 4.78 is 18.6. The van der Waals surface area contributed by atoms with Crippen LogP contribution in [0.3, 0.4) is 0 Å². The fourth-order valence-electron chi connectivity index (χ4n) is 1.71. The van der Waals surface area contributed by atoms with Crippen molar-refractivity contribution in [2.75, 3.05) is 18.5 Å². The van der Waals surface area contributed by atoms with Crippen LogP contribution in [0.4, 0.5) is 14.9 Å². The Morgan fingerprint density at radius 1 is 1.38 bits per heavy atom. The molecule has 0 bridgehead atoms. The van der Waals surface area contributed by atoms with Crippen molar-refractivity contribution < 1.29 is 23.8 Å². The minimum Gasteiger partial charge on any atom is -0.478 e. The summed E-state index contributed by atoms with van der Waals surface area (Å²) in [4.78, 5) is 22.8. The van der Waals surface area contributed by atoms with Gasteiger partial charge in [-0.2, -0.15) is 0 Å². The summed E-state index contributed by atoms with van der Waals surface area (Å²) in [5, 5.41) is 13.9. The number of hydrogen-bond acceptors (Lipinski definition) is 3. The summed E-state index contributed by atoms with van der Waals surface area (Å²) in [5.74, 6) is -1.88. The predicted octanol–water partition coefficient (Wildman–Crippen LogP) is 2.46. The lowest BCUT2D eigenvalue weighted by Crippen LogP contribution is -2.42. The van der Waals surface area contributed by atoms with E-state index in [-0.39, 0.29) is 17.8 Å². The van der Waals surface area contributed by atoms with E-state index in [1.807, 2.05) is 20.8 Å². The molecule has 0 atom stereocenters. The largest absolute Gasteiger partial charge is 0.478 e. The maximum absolute atomic E-state index is 13.2. The van der Waals surface area contributed by atoms with Crippen LogP contribution >= 0.6 is 0 Å². The molecule has 0 aromatic heterocycles. The van der Waals surface area contributed by atoms with Gasteiger partial charge in [0, 0.05) is 13.2 Å². The van der Waals surface area contributed by atoms with Crippen LogP contribution in [0.15, 0.2) is 18.2 Å². The Kier molecular flexibility index (Phi) is 5.66. The van der Waals surface area contributed by atoms with Gasteiger partial charge in [0.25, 0.3) is 0 Å². The Labute approximate surface area is 122 Å². The van der Waals surface area contributed by atoms with Gasteiger partial charge in [0.05, 0.1) is 16.9 Å². The van der Waals surface area contributed by atoms with Crippen molar-refractivity contribution in [2.45, 2.75) is 26.4 Å². The fraction of sp³-hybridized carbons (Fsp3) is 0.429. The molecule has 0 radical (unpaired) electrons. The second-order valence-corrected chi connectivity index (χ2v) is 5.00. The number of carboxylic acid groups (broad SMARTS) is 1. The SMILES string of the molecule is CCOC(C)(C)CNC(=O)Nc1cc(F)ccc1C(=O)O. The Bertz CT molecular complexity index is 532. The topological polar surface area (TPSA) is 87.7 Å². The lowest BCUT2D eigenvalue weighted by molar-refractivity contribution is -0.00663. The van der Waals surface area contributed by atoms with E-state index in [4.69, 9.17) is 9.84 Å². The van der Waals surface area contributed by atoms with Crippen molar-refractivity contribution in [2.24, 2.45) is 0 Å². The van der Waals surface area contributed by atoms with Gasteiger partial charge in [0.15, 0.2) is 0 Å². The van der Waals surface area contributed by atoms with Gasteiger partial charge >= 0.3 is 12.0 Å². The molecular weight excluding hydrogens is 279 g/mol. The zero-order chi connectivity index (χ0) is 16.0. The molecule has 7 heteroatoms. The molecule has 3 N–H and O–H groups in total. The van der Waals surface area contributed by atoms with E-state index in [1.165, 1.54) is 0 Å². The van der Waals surface area contributed by atoms with Crippen LogP contribution in [0.1, 0.15) is 31.1 Å². The maximum Gasteiger partial charge on any atom is 0.337 e. The Balaban J connectivity index is 2.71. The molecule has 2 amide bonds. The van der Waals surface area contributed by atoms with Crippen molar-refractivity contribution in [1.82, 2.24) is 5.32 Å². The van der Waals surface area contributed by atoms with E-state index in [2.05, 4.69) is 10.6 Å². The zero-order valence-electron chi connectivity index (χ0n) is 12.2. The number of hydrogen-bond donors (Lipinski definition) is 3. The van der Waals surface area contributed by atoms with E-state index < -0.39 is 23.4 Å². The van der Waals surface area contributed by atoms with Crippen LogP contribution < -0.4 is 10.6 Å². The Morgan fingerprint density at radius 2 is 2.05 bits per heavy atom. The van der Waals surface area contributed by atoms with Gasteiger partial charge in [-0.05, 0) is 39.0 Å². The first kappa shape index (κ1) is 16.9. The molecule has 0 aliphatic heterocycles. The van der Waals surface area contributed by atoms with Crippen molar-refractivity contribution in [1.29, 1.82) is 0 Å². The van der Waals surface area contributed by atoms with Gasteiger partial charge in [0.1, 0.15) is 5.82 Å². The van der Waals surface area contributed by atoms with Crippen LogP contribution in [-0.4, -0.2) is 35.9 Å². The molecule has 0 fully saturated rings. The number of rotatable bonds is 6. The lowest BCUT2D eigenvalue weighted by Gasteiger charge is -2.25. The quantitative estimate of drug-likeness (QED) is 0.753. The predicted molar refractivity (Wildman–Crippen MR) is 76.1 cm³/mol. The summed E-state index contributed by atoms with van der Waals surface area (Å²) in [6.07, 6.45) is 0. The molecule has 21 heavy (non-hydrogen) atoms. The maximum atomic E-state index is 13.2. The van der Waals surface area contributed by atoms with Gasteiger partial charge in [-0.25, -0.2) is 14.0 Å². The van der Waals surface area contributed by atoms with Crippen molar-refractivity contribution in [3.8, 4) is 0 Å². The summed E-state index contributed by atoms with van der Waals surface area (Å²) in [7, 11) is 0. The first-order chi connectivity index (χ1) is 9.75. The minimum atomic E-state index is -1.25. The van der Waals surface area contributed by atoms with Crippen molar-refractivity contribution in [3.63, 3.8) is 0 Å².